The van der Waals surface area contributed by atoms with Crippen molar-refractivity contribution in [3.63, 3.8) is 0 Å². The van der Waals surface area contributed by atoms with Crippen molar-refractivity contribution >= 4 is 6.08 Å². The molecule has 2 aromatic rings. The molecule has 1 aliphatic carbocycles. The van der Waals surface area contributed by atoms with Gasteiger partial charge in [0.2, 0.25) is 0 Å². The van der Waals surface area contributed by atoms with Gasteiger partial charge in [-0.2, -0.15) is 0 Å². The number of hydrogen-bond donors (Lipinski definition) is 2. The van der Waals surface area contributed by atoms with Crippen LogP contribution in [0.15, 0.2) is 54.6 Å². The lowest BCUT2D eigenvalue weighted by molar-refractivity contribution is -0.122. The van der Waals surface area contributed by atoms with Crippen molar-refractivity contribution in [1.29, 1.82) is 0 Å². The minimum Gasteiger partial charge on any atom is -0.504 e. The van der Waals surface area contributed by atoms with Gasteiger partial charge in [0.05, 0.1) is 12.2 Å². The third-order valence-electron chi connectivity index (χ3n) is 6.75. The number of phenols is 1. The molecule has 1 saturated carbocycles. The number of likely N-dealkylation sites (tertiary alicyclic amines) is 1. The minimum absolute atomic E-state index is 0.115. The first-order valence-electron chi connectivity index (χ1n) is 11.2. The standard InChI is InChI=1S/C26H33NO3/c1-2-30-24-19-21(13-14-23(24)28)25-22-12-6-7-15-26(22,29)16-18-27(25)17-8-11-20-9-4-3-5-10-20/h3-5,8-11,13-14,19,22,25,28-29H,2,6-7,12,15-18H2,1H3/b11-8+/t22-,25-,26+/m1/s1. The lowest BCUT2D eigenvalue weighted by Gasteiger charge is -2.52. The number of ether oxygens (including phenoxy) is 1. The zero-order valence-electron chi connectivity index (χ0n) is 17.8. The highest BCUT2D eigenvalue weighted by Crippen LogP contribution is 2.50. The smallest absolute Gasteiger partial charge is 0.161 e. The fourth-order valence-corrected chi connectivity index (χ4v) is 5.26. The molecule has 1 aliphatic heterocycles. The maximum atomic E-state index is 11.4. The summed E-state index contributed by atoms with van der Waals surface area (Å²) in [7, 11) is 0. The van der Waals surface area contributed by atoms with E-state index in [-0.39, 0.29) is 17.7 Å². The zero-order valence-corrected chi connectivity index (χ0v) is 17.8. The van der Waals surface area contributed by atoms with E-state index in [2.05, 4.69) is 41.3 Å². The normalized spacial score (nSPS) is 27.1. The van der Waals surface area contributed by atoms with Crippen molar-refractivity contribution in [3.05, 3.63) is 65.7 Å². The Morgan fingerprint density at radius 1 is 1.13 bits per heavy atom. The van der Waals surface area contributed by atoms with Gasteiger partial charge in [-0.05, 0) is 49.4 Å². The van der Waals surface area contributed by atoms with Crippen molar-refractivity contribution in [2.24, 2.45) is 5.92 Å². The number of phenolic OH excluding ortho intramolecular Hbond substituents is 1. The van der Waals surface area contributed by atoms with Crippen LogP contribution in [0.2, 0.25) is 0 Å². The van der Waals surface area contributed by atoms with Gasteiger partial charge in [-0.1, -0.05) is 61.4 Å². The van der Waals surface area contributed by atoms with Crippen molar-refractivity contribution in [2.45, 2.75) is 50.7 Å². The third-order valence-corrected chi connectivity index (χ3v) is 6.75. The molecule has 0 aromatic heterocycles. The molecule has 4 heteroatoms. The van der Waals surface area contributed by atoms with Gasteiger partial charge in [0, 0.05) is 25.0 Å². The van der Waals surface area contributed by atoms with Crippen LogP contribution in [-0.4, -0.2) is 40.4 Å². The van der Waals surface area contributed by atoms with E-state index in [4.69, 9.17) is 4.74 Å². The molecule has 0 amide bonds. The highest BCUT2D eigenvalue weighted by atomic mass is 16.5. The number of benzene rings is 2. The number of aromatic hydroxyl groups is 1. The number of fused-ring (bicyclic) bond motifs is 1. The zero-order chi connectivity index (χ0) is 21.0. The van der Waals surface area contributed by atoms with Crippen molar-refractivity contribution < 1.29 is 14.9 Å². The van der Waals surface area contributed by atoms with Crippen molar-refractivity contribution in [3.8, 4) is 11.5 Å². The van der Waals surface area contributed by atoms with E-state index >= 15 is 0 Å². The molecule has 30 heavy (non-hydrogen) atoms. The second kappa shape index (κ2) is 9.23. The molecule has 2 fully saturated rings. The van der Waals surface area contributed by atoms with Gasteiger partial charge in [-0.15, -0.1) is 0 Å². The van der Waals surface area contributed by atoms with Crippen molar-refractivity contribution in [1.82, 2.24) is 4.90 Å². The lowest BCUT2D eigenvalue weighted by Crippen LogP contribution is -2.54. The van der Waals surface area contributed by atoms with Gasteiger partial charge in [0.15, 0.2) is 11.5 Å². The van der Waals surface area contributed by atoms with E-state index in [1.807, 2.05) is 25.1 Å². The summed E-state index contributed by atoms with van der Waals surface area (Å²) in [5.74, 6) is 0.898. The van der Waals surface area contributed by atoms with Gasteiger partial charge in [-0.3, -0.25) is 4.90 Å². The first-order valence-corrected chi connectivity index (χ1v) is 11.2. The van der Waals surface area contributed by atoms with E-state index in [1.54, 1.807) is 6.07 Å². The maximum absolute atomic E-state index is 11.4. The Morgan fingerprint density at radius 2 is 1.97 bits per heavy atom. The van der Waals surface area contributed by atoms with Crippen LogP contribution in [0.5, 0.6) is 11.5 Å². The highest BCUT2D eigenvalue weighted by molar-refractivity contribution is 5.49. The molecule has 1 saturated heterocycles. The third kappa shape index (κ3) is 4.40. The maximum Gasteiger partial charge on any atom is 0.161 e. The van der Waals surface area contributed by atoms with Gasteiger partial charge >= 0.3 is 0 Å². The molecular weight excluding hydrogens is 374 g/mol. The summed E-state index contributed by atoms with van der Waals surface area (Å²) < 4.78 is 5.66. The molecule has 160 valence electrons. The van der Waals surface area contributed by atoms with Gasteiger partial charge in [-0.25, -0.2) is 0 Å². The van der Waals surface area contributed by atoms with Crippen LogP contribution in [0.4, 0.5) is 0 Å². The summed E-state index contributed by atoms with van der Waals surface area (Å²) in [6, 6.07) is 16.2. The SMILES string of the molecule is CCOc1cc([C@@H]2[C@H]3CCCC[C@]3(O)CCN2C/C=C/c2ccccc2)ccc1O. The molecule has 3 atom stereocenters. The van der Waals surface area contributed by atoms with Gasteiger partial charge in [0.25, 0.3) is 0 Å². The molecule has 2 aromatic carbocycles. The largest absolute Gasteiger partial charge is 0.504 e. The number of rotatable bonds is 6. The fourth-order valence-electron chi connectivity index (χ4n) is 5.26. The first kappa shape index (κ1) is 21.0. The van der Waals surface area contributed by atoms with E-state index in [0.29, 0.717) is 12.4 Å². The number of aliphatic hydroxyl groups is 1. The molecule has 1 heterocycles. The highest BCUT2D eigenvalue weighted by Gasteiger charge is 2.48. The lowest BCUT2D eigenvalue weighted by atomic mass is 9.66. The molecule has 4 rings (SSSR count). The van der Waals surface area contributed by atoms with Crippen LogP contribution >= 0.6 is 0 Å². The molecule has 0 bridgehead atoms. The van der Waals surface area contributed by atoms with Crippen LogP contribution in [0.1, 0.15) is 56.2 Å². The van der Waals surface area contributed by atoms with Crippen LogP contribution < -0.4 is 4.74 Å². The number of piperidine rings is 1. The summed E-state index contributed by atoms with van der Waals surface area (Å²) in [5.41, 5.74) is 1.73. The Morgan fingerprint density at radius 3 is 2.77 bits per heavy atom. The summed E-state index contributed by atoms with van der Waals surface area (Å²) >= 11 is 0. The molecule has 0 unspecified atom stereocenters. The predicted molar refractivity (Wildman–Crippen MR) is 121 cm³/mol. The Labute approximate surface area is 179 Å². The predicted octanol–water partition coefficient (Wildman–Crippen LogP) is 5.17. The molecule has 0 radical (unpaired) electrons. The molecule has 4 nitrogen and oxygen atoms in total. The van der Waals surface area contributed by atoms with E-state index in [9.17, 15) is 10.2 Å². The minimum atomic E-state index is -0.591. The summed E-state index contributed by atoms with van der Waals surface area (Å²) in [6.07, 6.45) is 9.40. The monoisotopic (exact) mass is 407 g/mol. The Bertz CT molecular complexity index is 866. The second-order valence-electron chi connectivity index (χ2n) is 8.62. The van der Waals surface area contributed by atoms with Crippen LogP contribution in [0.25, 0.3) is 6.08 Å². The molecular formula is C26H33NO3. The van der Waals surface area contributed by atoms with Crippen molar-refractivity contribution in [2.75, 3.05) is 19.7 Å². The Balaban J connectivity index is 1.63. The number of nitrogens with zero attached hydrogens (tertiary/aromatic N) is 1. The summed E-state index contributed by atoms with van der Waals surface area (Å²) in [6.45, 7) is 4.13. The van der Waals surface area contributed by atoms with Crippen LogP contribution in [0, 0.1) is 5.92 Å². The summed E-state index contributed by atoms with van der Waals surface area (Å²) in [4.78, 5) is 2.48. The first-order chi connectivity index (χ1) is 14.6. The topological polar surface area (TPSA) is 52.9 Å². The van der Waals surface area contributed by atoms with Crippen LogP contribution in [0.3, 0.4) is 0 Å². The Hall–Kier alpha value is -2.30. The molecule has 2 N–H and O–H groups in total. The quantitative estimate of drug-likeness (QED) is 0.693. The fraction of sp³-hybridized carbons (Fsp3) is 0.462. The average Bonchev–Trinajstić information content (AvgIpc) is 2.76. The summed E-state index contributed by atoms with van der Waals surface area (Å²) in [5, 5.41) is 21.6. The average molecular weight is 408 g/mol. The van der Waals surface area contributed by atoms with E-state index in [0.717, 1.165) is 50.8 Å². The van der Waals surface area contributed by atoms with E-state index in [1.165, 1.54) is 5.56 Å². The Kier molecular flexibility index (Phi) is 6.45. The van der Waals surface area contributed by atoms with E-state index < -0.39 is 5.60 Å². The number of hydrogen-bond acceptors (Lipinski definition) is 4. The molecule has 0 spiro atoms. The molecule has 2 aliphatic rings. The van der Waals surface area contributed by atoms with Gasteiger partial charge in [0.1, 0.15) is 0 Å². The second-order valence-corrected chi connectivity index (χ2v) is 8.62. The van der Waals surface area contributed by atoms with Crippen LogP contribution in [-0.2, 0) is 0 Å². The van der Waals surface area contributed by atoms with Gasteiger partial charge < -0.3 is 14.9 Å².